The number of thioether (sulfide) groups is 1. The zero-order valence-electron chi connectivity index (χ0n) is 19.5. The van der Waals surface area contributed by atoms with Crippen molar-refractivity contribution in [2.75, 3.05) is 30.1 Å². The normalized spacial score (nSPS) is 11.5. The number of nitrogens with zero attached hydrogens (tertiary/aromatic N) is 2. The van der Waals surface area contributed by atoms with Gasteiger partial charge in [-0.1, -0.05) is 36.0 Å². The number of anilines is 3. The molecule has 0 saturated carbocycles. The molecule has 4 rings (SSSR count). The van der Waals surface area contributed by atoms with Gasteiger partial charge in [0.2, 0.25) is 5.91 Å². The van der Waals surface area contributed by atoms with Crippen LogP contribution in [0.15, 0.2) is 78.0 Å². The van der Waals surface area contributed by atoms with Gasteiger partial charge in [-0.05, 0) is 55.5 Å². The number of carbonyl (C=O) groups excluding carboxylic acids is 2. The Morgan fingerprint density at radius 1 is 0.914 bits per heavy atom. The van der Waals surface area contributed by atoms with Gasteiger partial charge in [0.25, 0.3) is 5.91 Å². The summed E-state index contributed by atoms with van der Waals surface area (Å²) in [4.78, 5) is 34.5. The van der Waals surface area contributed by atoms with Crippen LogP contribution in [0.4, 0.5) is 17.2 Å². The van der Waals surface area contributed by atoms with Gasteiger partial charge in [0.05, 0.1) is 23.6 Å². The molecule has 1 aromatic heterocycles. The molecule has 3 aromatic carbocycles. The quantitative estimate of drug-likeness (QED) is 0.236. The highest BCUT2D eigenvalue weighted by Gasteiger charge is 2.18. The highest BCUT2D eigenvalue weighted by Crippen LogP contribution is 2.27. The summed E-state index contributed by atoms with van der Waals surface area (Å²) in [7, 11) is 3.35. The van der Waals surface area contributed by atoms with Crippen molar-refractivity contribution in [3.8, 4) is 5.75 Å². The number of aromatic nitrogens is 2. The summed E-state index contributed by atoms with van der Waals surface area (Å²) in [5.74, 6) is 0.829. The van der Waals surface area contributed by atoms with Gasteiger partial charge in [-0.2, -0.15) is 0 Å². The molecule has 1 heterocycles. The molecule has 0 unspecified atom stereocenters. The van der Waals surface area contributed by atoms with Crippen LogP contribution in [-0.4, -0.2) is 41.2 Å². The number of hydrogen-bond donors (Lipinski definition) is 3. The maximum atomic E-state index is 12.8. The lowest BCUT2D eigenvalue weighted by atomic mass is 10.2. The first-order valence-electron chi connectivity index (χ1n) is 10.9. The lowest BCUT2D eigenvalue weighted by molar-refractivity contribution is -0.115. The Kier molecular flexibility index (Phi) is 7.47. The van der Waals surface area contributed by atoms with Crippen molar-refractivity contribution in [2.24, 2.45) is 0 Å². The first-order valence-corrected chi connectivity index (χ1v) is 11.8. The zero-order chi connectivity index (χ0) is 24.8. The number of ether oxygens (including phenoxy) is 1. The largest absolute Gasteiger partial charge is 0.495 e. The minimum Gasteiger partial charge on any atom is -0.495 e. The number of carbonyl (C=O) groups is 2. The van der Waals surface area contributed by atoms with E-state index in [9.17, 15) is 9.59 Å². The molecule has 4 aromatic rings. The van der Waals surface area contributed by atoms with Gasteiger partial charge in [-0.25, -0.2) is 9.97 Å². The molecule has 0 spiro atoms. The van der Waals surface area contributed by atoms with Crippen molar-refractivity contribution in [1.29, 1.82) is 0 Å². The van der Waals surface area contributed by atoms with Crippen molar-refractivity contribution >= 4 is 51.7 Å². The fraction of sp³-hybridized carbons (Fsp3) is 0.154. The van der Waals surface area contributed by atoms with Crippen molar-refractivity contribution in [1.82, 2.24) is 9.97 Å². The maximum absolute atomic E-state index is 12.8. The molecule has 0 aliphatic rings. The first-order chi connectivity index (χ1) is 17.0. The molecule has 3 N–H and O–H groups in total. The molecule has 0 radical (unpaired) electrons. The van der Waals surface area contributed by atoms with Gasteiger partial charge in [0.15, 0.2) is 5.16 Å². The van der Waals surface area contributed by atoms with Crippen molar-refractivity contribution in [3.05, 3.63) is 78.4 Å². The average Bonchev–Trinajstić information content (AvgIpc) is 2.88. The molecule has 0 aliphatic heterocycles. The van der Waals surface area contributed by atoms with E-state index in [0.29, 0.717) is 33.7 Å². The zero-order valence-corrected chi connectivity index (χ0v) is 20.3. The van der Waals surface area contributed by atoms with E-state index in [4.69, 9.17) is 4.74 Å². The Balaban J connectivity index is 1.39. The van der Waals surface area contributed by atoms with Gasteiger partial charge >= 0.3 is 0 Å². The van der Waals surface area contributed by atoms with E-state index < -0.39 is 5.25 Å². The van der Waals surface area contributed by atoms with Crippen molar-refractivity contribution < 1.29 is 14.3 Å². The summed E-state index contributed by atoms with van der Waals surface area (Å²) in [5, 5.41) is 9.79. The molecular weight excluding hydrogens is 462 g/mol. The third kappa shape index (κ3) is 5.70. The fourth-order valence-electron chi connectivity index (χ4n) is 3.40. The SMILES string of the molecule is CNc1nc(S[C@@H](C)C(=O)Nc2ccc(C(=O)Nc3ccccc3OC)cc2)nc2ccccc12. The number of rotatable bonds is 8. The molecule has 0 aliphatic carbocycles. The number of hydrogen-bond acceptors (Lipinski definition) is 7. The second-order valence-electron chi connectivity index (χ2n) is 7.60. The van der Waals surface area contributed by atoms with Crippen molar-refractivity contribution in [2.45, 2.75) is 17.3 Å². The Labute approximate surface area is 207 Å². The van der Waals surface area contributed by atoms with E-state index in [1.165, 1.54) is 11.8 Å². The molecule has 0 fully saturated rings. The Bertz CT molecular complexity index is 1360. The first kappa shape index (κ1) is 24.0. The monoisotopic (exact) mass is 487 g/mol. The van der Waals surface area contributed by atoms with Gasteiger partial charge in [0, 0.05) is 23.7 Å². The number of methoxy groups -OCH3 is 1. The van der Waals surface area contributed by atoms with Crippen LogP contribution >= 0.6 is 11.8 Å². The smallest absolute Gasteiger partial charge is 0.255 e. The third-order valence-corrected chi connectivity index (χ3v) is 6.20. The number of nitrogens with one attached hydrogen (secondary N) is 3. The predicted octanol–water partition coefficient (Wildman–Crippen LogP) is 5.05. The Morgan fingerprint density at radius 3 is 2.37 bits per heavy atom. The molecule has 2 amide bonds. The lowest BCUT2D eigenvalue weighted by Gasteiger charge is -2.13. The highest BCUT2D eigenvalue weighted by atomic mass is 32.2. The fourth-order valence-corrected chi connectivity index (χ4v) is 4.18. The third-order valence-electron chi connectivity index (χ3n) is 5.24. The number of para-hydroxylation sites is 3. The highest BCUT2D eigenvalue weighted by molar-refractivity contribution is 8.00. The molecule has 178 valence electrons. The molecule has 0 bridgehead atoms. The number of amides is 2. The van der Waals surface area contributed by atoms with Crippen LogP contribution in [0, 0.1) is 0 Å². The van der Waals surface area contributed by atoms with Crippen LogP contribution in [0.1, 0.15) is 17.3 Å². The molecule has 35 heavy (non-hydrogen) atoms. The lowest BCUT2D eigenvalue weighted by Crippen LogP contribution is -2.22. The minimum absolute atomic E-state index is 0.191. The topological polar surface area (TPSA) is 105 Å². The maximum Gasteiger partial charge on any atom is 0.255 e. The molecule has 1 atom stereocenters. The molecular formula is C26H25N5O3S. The van der Waals surface area contributed by atoms with E-state index in [-0.39, 0.29) is 11.8 Å². The standard InChI is InChI=1S/C26H25N5O3S/c1-16(35-26-30-20-9-5-4-8-19(20)23(27-2)31-26)24(32)28-18-14-12-17(13-15-18)25(33)29-21-10-6-7-11-22(21)34-3/h4-16H,1-3H3,(H,28,32)(H,29,33)(H,27,30,31)/t16-/m0/s1. The van der Waals surface area contributed by atoms with Gasteiger partial charge in [0.1, 0.15) is 11.6 Å². The van der Waals surface area contributed by atoms with E-state index >= 15 is 0 Å². The summed E-state index contributed by atoms with van der Waals surface area (Å²) < 4.78 is 5.27. The molecule has 8 nitrogen and oxygen atoms in total. The Hall–Kier alpha value is -4.11. The van der Waals surface area contributed by atoms with E-state index in [2.05, 4.69) is 25.9 Å². The van der Waals surface area contributed by atoms with Crippen molar-refractivity contribution in [3.63, 3.8) is 0 Å². The van der Waals surface area contributed by atoms with Crippen LogP contribution in [0.3, 0.4) is 0 Å². The second-order valence-corrected chi connectivity index (χ2v) is 8.91. The second kappa shape index (κ2) is 10.9. The summed E-state index contributed by atoms with van der Waals surface area (Å²) in [6.45, 7) is 1.80. The molecule has 9 heteroatoms. The van der Waals surface area contributed by atoms with Crippen LogP contribution in [0.2, 0.25) is 0 Å². The summed E-state index contributed by atoms with van der Waals surface area (Å²) >= 11 is 1.28. The van der Waals surface area contributed by atoms with E-state index in [0.717, 1.165) is 10.9 Å². The van der Waals surface area contributed by atoms with Crippen LogP contribution in [0.25, 0.3) is 10.9 Å². The molecule has 0 saturated heterocycles. The van der Waals surface area contributed by atoms with Gasteiger partial charge in [-0.3, -0.25) is 9.59 Å². The van der Waals surface area contributed by atoms with Gasteiger partial charge < -0.3 is 20.7 Å². The summed E-state index contributed by atoms with van der Waals surface area (Å²) in [6.07, 6.45) is 0. The number of benzene rings is 3. The average molecular weight is 488 g/mol. The van der Waals surface area contributed by atoms with Crippen LogP contribution < -0.4 is 20.7 Å². The van der Waals surface area contributed by atoms with E-state index in [1.54, 1.807) is 57.5 Å². The number of fused-ring (bicyclic) bond motifs is 1. The van der Waals surface area contributed by atoms with E-state index in [1.807, 2.05) is 36.4 Å². The Morgan fingerprint density at radius 2 is 1.63 bits per heavy atom. The predicted molar refractivity (Wildman–Crippen MR) is 140 cm³/mol. The van der Waals surface area contributed by atoms with Crippen LogP contribution in [0.5, 0.6) is 5.75 Å². The summed E-state index contributed by atoms with van der Waals surface area (Å²) in [5.41, 5.74) is 2.44. The van der Waals surface area contributed by atoms with Gasteiger partial charge in [-0.15, -0.1) is 0 Å². The van der Waals surface area contributed by atoms with Crippen LogP contribution in [-0.2, 0) is 4.79 Å². The summed E-state index contributed by atoms with van der Waals surface area (Å²) in [6, 6.07) is 21.6. The minimum atomic E-state index is -0.436.